The molecule has 2 heterocycles. The molecule has 7 heteroatoms. The van der Waals surface area contributed by atoms with Gasteiger partial charge in [0.2, 0.25) is 0 Å². The summed E-state index contributed by atoms with van der Waals surface area (Å²) in [5, 5.41) is 3.32. The molecule has 0 bridgehead atoms. The number of carbonyl (C=O) groups is 2. The first-order chi connectivity index (χ1) is 15.9. The van der Waals surface area contributed by atoms with Gasteiger partial charge in [-0.25, -0.2) is 4.98 Å². The lowest BCUT2D eigenvalue weighted by molar-refractivity contribution is -0.143. The SMILES string of the molecule is COC(=O)C[C@H]1[C@@H](C)N(Cc2ccccc2)CCN1C(=O)c1cccnc1NCCC(C)C. The fourth-order valence-corrected chi connectivity index (χ4v) is 4.29. The molecule has 0 unspecified atom stereocenters. The van der Waals surface area contributed by atoms with Gasteiger partial charge in [0.05, 0.1) is 25.1 Å². The van der Waals surface area contributed by atoms with E-state index in [1.54, 1.807) is 12.3 Å². The van der Waals surface area contributed by atoms with Gasteiger partial charge in [-0.1, -0.05) is 44.2 Å². The number of esters is 1. The van der Waals surface area contributed by atoms with Crippen LogP contribution in [0, 0.1) is 5.92 Å². The number of hydrogen-bond donors (Lipinski definition) is 1. The van der Waals surface area contributed by atoms with E-state index in [4.69, 9.17) is 4.74 Å². The van der Waals surface area contributed by atoms with Crippen molar-refractivity contribution in [2.75, 3.05) is 32.1 Å². The molecular formula is C26H36N4O3. The highest BCUT2D eigenvalue weighted by atomic mass is 16.5. The van der Waals surface area contributed by atoms with E-state index in [-0.39, 0.29) is 30.4 Å². The summed E-state index contributed by atoms with van der Waals surface area (Å²) in [4.78, 5) is 34.5. The maximum atomic E-state index is 13.7. The van der Waals surface area contributed by atoms with E-state index in [2.05, 4.69) is 48.1 Å². The van der Waals surface area contributed by atoms with Gasteiger partial charge in [-0.3, -0.25) is 14.5 Å². The van der Waals surface area contributed by atoms with Crippen LogP contribution < -0.4 is 5.32 Å². The third-order valence-electron chi connectivity index (χ3n) is 6.31. The number of carbonyl (C=O) groups excluding carboxylic acids is 2. The summed E-state index contributed by atoms with van der Waals surface area (Å²) < 4.78 is 4.97. The number of amides is 1. The van der Waals surface area contributed by atoms with Crippen molar-refractivity contribution in [3.63, 3.8) is 0 Å². The first-order valence-electron chi connectivity index (χ1n) is 11.7. The molecule has 2 atom stereocenters. The fourth-order valence-electron chi connectivity index (χ4n) is 4.29. The number of piperazine rings is 1. The van der Waals surface area contributed by atoms with E-state index in [9.17, 15) is 9.59 Å². The second-order valence-electron chi connectivity index (χ2n) is 9.05. The van der Waals surface area contributed by atoms with Crippen molar-refractivity contribution < 1.29 is 14.3 Å². The van der Waals surface area contributed by atoms with Crippen LogP contribution in [-0.2, 0) is 16.1 Å². The summed E-state index contributed by atoms with van der Waals surface area (Å²) in [7, 11) is 1.39. The smallest absolute Gasteiger partial charge is 0.307 e. The van der Waals surface area contributed by atoms with Crippen LogP contribution in [0.2, 0.25) is 0 Å². The zero-order valence-corrected chi connectivity index (χ0v) is 20.2. The molecule has 1 aromatic heterocycles. The van der Waals surface area contributed by atoms with Crippen LogP contribution in [0.15, 0.2) is 48.7 Å². The van der Waals surface area contributed by atoms with Gasteiger partial charge >= 0.3 is 5.97 Å². The Hall–Kier alpha value is -2.93. The van der Waals surface area contributed by atoms with Crippen LogP contribution in [0.5, 0.6) is 0 Å². The number of aromatic nitrogens is 1. The van der Waals surface area contributed by atoms with E-state index in [0.29, 0.717) is 23.8 Å². The molecule has 1 saturated heterocycles. The molecule has 33 heavy (non-hydrogen) atoms. The molecule has 1 fully saturated rings. The lowest BCUT2D eigenvalue weighted by atomic mass is 9.97. The van der Waals surface area contributed by atoms with Crippen molar-refractivity contribution in [3.05, 3.63) is 59.8 Å². The minimum absolute atomic E-state index is 0.00368. The predicted octanol–water partition coefficient (Wildman–Crippen LogP) is 3.82. The molecule has 178 valence electrons. The van der Waals surface area contributed by atoms with Crippen LogP contribution in [-0.4, -0.2) is 65.5 Å². The molecule has 1 aliphatic heterocycles. The van der Waals surface area contributed by atoms with Gasteiger partial charge in [0.25, 0.3) is 5.91 Å². The van der Waals surface area contributed by atoms with Crippen molar-refractivity contribution in [1.29, 1.82) is 0 Å². The maximum absolute atomic E-state index is 13.7. The molecule has 2 aromatic rings. The average Bonchev–Trinajstić information content (AvgIpc) is 2.82. The van der Waals surface area contributed by atoms with Gasteiger partial charge < -0.3 is 15.0 Å². The number of ether oxygens (including phenoxy) is 1. The van der Waals surface area contributed by atoms with Crippen LogP contribution in [0.4, 0.5) is 5.82 Å². The third kappa shape index (κ3) is 6.54. The first-order valence-corrected chi connectivity index (χ1v) is 11.7. The van der Waals surface area contributed by atoms with E-state index >= 15 is 0 Å². The van der Waals surface area contributed by atoms with Gasteiger partial charge in [0.15, 0.2) is 0 Å². The number of nitrogens with one attached hydrogen (secondary N) is 1. The molecule has 3 rings (SSSR count). The van der Waals surface area contributed by atoms with Crippen molar-refractivity contribution in [2.24, 2.45) is 5.92 Å². The molecule has 1 aliphatic rings. The molecule has 1 aromatic carbocycles. The lowest BCUT2D eigenvalue weighted by Crippen LogP contribution is -2.60. The minimum atomic E-state index is -0.312. The highest BCUT2D eigenvalue weighted by molar-refractivity contribution is 5.99. The van der Waals surface area contributed by atoms with Gasteiger partial charge in [0, 0.05) is 38.4 Å². The first kappa shape index (κ1) is 24.7. The highest BCUT2D eigenvalue weighted by Gasteiger charge is 2.38. The van der Waals surface area contributed by atoms with Gasteiger partial charge in [-0.2, -0.15) is 0 Å². The standard InChI is InChI=1S/C26H36N4O3/c1-19(2)12-14-28-25-22(11-8-13-27-25)26(32)30-16-15-29(18-21-9-6-5-7-10-21)20(3)23(30)17-24(31)33-4/h5-11,13,19-20,23H,12,14-18H2,1-4H3,(H,27,28)/t20-,23+/m1/s1. The number of anilines is 1. The summed E-state index contributed by atoms with van der Waals surface area (Å²) in [5.41, 5.74) is 1.75. The van der Waals surface area contributed by atoms with E-state index in [1.807, 2.05) is 29.2 Å². The number of pyridine rings is 1. The number of nitrogens with zero attached hydrogens (tertiary/aromatic N) is 3. The monoisotopic (exact) mass is 452 g/mol. The minimum Gasteiger partial charge on any atom is -0.469 e. The summed E-state index contributed by atoms with van der Waals surface area (Å²) in [6, 6.07) is 13.6. The normalized spacial score (nSPS) is 18.9. The summed E-state index contributed by atoms with van der Waals surface area (Å²) in [5.74, 6) is 0.741. The van der Waals surface area contributed by atoms with Crippen LogP contribution in [0.1, 0.15) is 49.5 Å². The topological polar surface area (TPSA) is 74.8 Å². The Morgan fingerprint density at radius 1 is 1.15 bits per heavy atom. The maximum Gasteiger partial charge on any atom is 0.307 e. The Balaban J connectivity index is 1.81. The fraction of sp³-hybridized carbons (Fsp3) is 0.500. The number of methoxy groups -OCH3 is 1. The second-order valence-corrected chi connectivity index (χ2v) is 9.05. The molecular weight excluding hydrogens is 416 g/mol. The Morgan fingerprint density at radius 2 is 1.91 bits per heavy atom. The quantitative estimate of drug-likeness (QED) is 0.583. The second kappa shape index (κ2) is 11.8. The number of benzene rings is 1. The van der Waals surface area contributed by atoms with E-state index in [0.717, 1.165) is 26.1 Å². The lowest BCUT2D eigenvalue weighted by Gasteiger charge is -2.46. The predicted molar refractivity (Wildman–Crippen MR) is 130 cm³/mol. The van der Waals surface area contributed by atoms with Crippen molar-refractivity contribution >= 4 is 17.7 Å². The Bertz CT molecular complexity index is 919. The highest BCUT2D eigenvalue weighted by Crippen LogP contribution is 2.26. The molecule has 0 saturated carbocycles. The van der Waals surface area contributed by atoms with E-state index < -0.39 is 0 Å². The summed E-state index contributed by atoms with van der Waals surface area (Å²) >= 11 is 0. The molecule has 0 radical (unpaired) electrons. The molecule has 0 spiro atoms. The van der Waals surface area contributed by atoms with Gasteiger partial charge in [0.1, 0.15) is 5.82 Å². The summed E-state index contributed by atoms with van der Waals surface area (Å²) in [6.45, 7) is 9.22. The third-order valence-corrected chi connectivity index (χ3v) is 6.31. The molecule has 7 nitrogen and oxygen atoms in total. The van der Waals surface area contributed by atoms with E-state index in [1.165, 1.54) is 12.7 Å². The summed E-state index contributed by atoms with van der Waals surface area (Å²) in [6.07, 6.45) is 2.84. The van der Waals surface area contributed by atoms with Gasteiger partial charge in [-0.15, -0.1) is 0 Å². The molecule has 0 aliphatic carbocycles. The van der Waals surface area contributed by atoms with Gasteiger partial charge in [-0.05, 0) is 37.0 Å². The Kier molecular flexibility index (Phi) is 8.83. The Labute approximate surface area is 197 Å². The number of hydrogen-bond acceptors (Lipinski definition) is 6. The average molecular weight is 453 g/mol. The van der Waals surface area contributed by atoms with Crippen LogP contribution >= 0.6 is 0 Å². The van der Waals surface area contributed by atoms with Crippen LogP contribution in [0.25, 0.3) is 0 Å². The van der Waals surface area contributed by atoms with Crippen molar-refractivity contribution in [1.82, 2.24) is 14.8 Å². The molecule has 1 amide bonds. The molecule has 1 N–H and O–H groups in total. The zero-order valence-electron chi connectivity index (χ0n) is 20.2. The van der Waals surface area contributed by atoms with Crippen LogP contribution in [0.3, 0.4) is 0 Å². The number of rotatable bonds is 9. The van der Waals surface area contributed by atoms with Crippen molar-refractivity contribution in [2.45, 2.75) is 52.2 Å². The van der Waals surface area contributed by atoms with Crippen molar-refractivity contribution in [3.8, 4) is 0 Å². The zero-order chi connectivity index (χ0) is 23.8. The largest absolute Gasteiger partial charge is 0.469 e. The Morgan fingerprint density at radius 3 is 2.61 bits per heavy atom.